The number of hydrogen-bond acceptors (Lipinski definition) is 4. The van der Waals surface area contributed by atoms with Crippen molar-refractivity contribution in [2.75, 3.05) is 6.54 Å². The number of aromatic nitrogens is 1. The minimum atomic E-state index is -4.54. The van der Waals surface area contributed by atoms with Crippen LogP contribution in [-0.2, 0) is 11.0 Å². The van der Waals surface area contributed by atoms with Crippen molar-refractivity contribution in [2.24, 2.45) is 4.99 Å². The first kappa shape index (κ1) is 23.5. The van der Waals surface area contributed by atoms with E-state index in [2.05, 4.69) is 4.99 Å². The molecule has 8 heteroatoms. The summed E-state index contributed by atoms with van der Waals surface area (Å²) in [5, 5.41) is 20.8. The lowest BCUT2D eigenvalue weighted by molar-refractivity contribution is -0.137. The Morgan fingerprint density at radius 2 is 1.75 bits per heavy atom. The first-order valence-electron chi connectivity index (χ1n) is 10.1. The van der Waals surface area contributed by atoms with Gasteiger partial charge in [-0.25, -0.2) is 0 Å². The van der Waals surface area contributed by atoms with E-state index in [-0.39, 0.29) is 35.7 Å². The Kier molecular flexibility index (Phi) is 6.46. The summed E-state index contributed by atoms with van der Waals surface area (Å²) >= 11 is 0. The Labute approximate surface area is 183 Å². The summed E-state index contributed by atoms with van der Waals surface area (Å²) in [4.78, 5) is 16.2. The number of aliphatic hydroxyl groups is 1. The lowest BCUT2D eigenvalue weighted by Gasteiger charge is -2.11. The third kappa shape index (κ3) is 4.85. The van der Waals surface area contributed by atoms with Gasteiger partial charge in [0.2, 0.25) is 5.88 Å². The quantitative estimate of drug-likeness (QED) is 0.516. The van der Waals surface area contributed by atoms with E-state index in [1.54, 1.807) is 19.1 Å². The monoisotopic (exact) mass is 446 g/mol. The van der Waals surface area contributed by atoms with Crippen LogP contribution in [0.5, 0.6) is 5.88 Å². The van der Waals surface area contributed by atoms with Gasteiger partial charge in [0.15, 0.2) is 5.78 Å². The molecule has 1 unspecified atom stereocenters. The van der Waals surface area contributed by atoms with Crippen LogP contribution < -0.4 is 0 Å². The van der Waals surface area contributed by atoms with Gasteiger partial charge >= 0.3 is 6.18 Å². The molecule has 3 rings (SSSR count). The van der Waals surface area contributed by atoms with E-state index >= 15 is 0 Å². The average molecular weight is 446 g/mol. The molecule has 1 atom stereocenters. The van der Waals surface area contributed by atoms with Gasteiger partial charge in [-0.1, -0.05) is 12.1 Å². The molecule has 0 bridgehead atoms. The fourth-order valence-electron chi connectivity index (χ4n) is 3.83. The Bertz CT molecular complexity index is 1190. The van der Waals surface area contributed by atoms with Gasteiger partial charge in [-0.05, 0) is 63.1 Å². The Morgan fingerprint density at radius 1 is 1.12 bits per heavy atom. The maximum Gasteiger partial charge on any atom is 0.416 e. The van der Waals surface area contributed by atoms with E-state index in [4.69, 9.17) is 0 Å². The number of nitrogens with zero attached hydrogens (tertiary/aromatic N) is 2. The molecule has 1 aromatic heterocycles. The molecule has 5 nitrogen and oxygen atoms in total. The van der Waals surface area contributed by atoms with Crippen LogP contribution in [-0.4, -0.2) is 38.9 Å². The smallest absolute Gasteiger partial charge is 0.416 e. The summed E-state index contributed by atoms with van der Waals surface area (Å²) < 4.78 is 41.6. The second-order valence-corrected chi connectivity index (χ2v) is 8.10. The minimum absolute atomic E-state index is 0.0535. The van der Waals surface area contributed by atoms with Gasteiger partial charge in [0.05, 0.1) is 29.3 Å². The van der Waals surface area contributed by atoms with Crippen LogP contribution in [0.25, 0.3) is 16.6 Å². The second kappa shape index (κ2) is 8.78. The molecule has 0 aliphatic carbocycles. The third-order valence-electron chi connectivity index (χ3n) is 5.11. The lowest BCUT2D eigenvalue weighted by atomic mass is 10.1. The van der Waals surface area contributed by atoms with E-state index in [0.717, 1.165) is 23.3 Å². The molecule has 0 radical (unpaired) electrons. The van der Waals surface area contributed by atoms with Crippen LogP contribution in [0.4, 0.5) is 13.2 Å². The first-order chi connectivity index (χ1) is 14.9. The number of aliphatic imine (C=N–C) groups is 1. The van der Waals surface area contributed by atoms with Gasteiger partial charge in [0.1, 0.15) is 0 Å². The lowest BCUT2D eigenvalue weighted by Crippen LogP contribution is -2.12. The summed E-state index contributed by atoms with van der Waals surface area (Å²) in [5.74, 6) is -0.537. The highest BCUT2D eigenvalue weighted by Crippen LogP contribution is 2.39. The molecule has 0 aliphatic rings. The standard InChI is InChI=1S/C24H25F3N2O3/c1-13-7-14(2)9-18(8-13)29-21-11-17(24(25,26)27)5-6-20(21)22(23(29)32)16(4)28-12-19(31)10-15(3)30/h5-9,11,15,30,32H,10,12H2,1-4H3. The number of Topliss-reactive ketones (excluding diaryl/α,β-unsaturated/α-hetero) is 1. The minimum Gasteiger partial charge on any atom is -0.494 e. The molecular weight excluding hydrogens is 421 g/mol. The number of rotatable bonds is 6. The fourth-order valence-corrected chi connectivity index (χ4v) is 3.83. The van der Waals surface area contributed by atoms with Gasteiger partial charge in [-0.3, -0.25) is 14.4 Å². The topological polar surface area (TPSA) is 74.8 Å². The first-order valence-corrected chi connectivity index (χ1v) is 10.1. The molecule has 3 aromatic rings. The van der Waals surface area contributed by atoms with Crippen molar-refractivity contribution in [2.45, 2.75) is 46.4 Å². The number of ketones is 1. The molecule has 2 N–H and O–H groups in total. The van der Waals surface area contributed by atoms with Gasteiger partial charge in [0, 0.05) is 23.2 Å². The van der Waals surface area contributed by atoms with Crippen LogP contribution in [0.15, 0.2) is 41.4 Å². The molecule has 0 amide bonds. The zero-order valence-corrected chi connectivity index (χ0v) is 18.3. The zero-order valence-electron chi connectivity index (χ0n) is 18.3. The van der Waals surface area contributed by atoms with Crippen LogP contribution in [0, 0.1) is 13.8 Å². The highest BCUT2D eigenvalue weighted by atomic mass is 19.4. The maximum atomic E-state index is 13.4. The van der Waals surface area contributed by atoms with Crippen molar-refractivity contribution in [1.29, 1.82) is 0 Å². The summed E-state index contributed by atoms with van der Waals surface area (Å²) in [6, 6.07) is 8.74. The van der Waals surface area contributed by atoms with Gasteiger partial charge in [-0.2, -0.15) is 13.2 Å². The normalized spacial score (nSPS) is 13.6. The van der Waals surface area contributed by atoms with Crippen molar-refractivity contribution in [3.05, 3.63) is 58.7 Å². The number of carbonyl (C=O) groups is 1. The van der Waals surface area contributed by atoms with Crippen LogP contribution in [0.3, 0.4) is 0 Å². The number of benzene rings is 2. The highest BCUT2D eigenvalue weighted by Gasteiger charge is 2.32. The summed E-state index contributed by atoms with van der Waals surface area (Å²) in [7, 11) is 0. The number of hydrogen-bond donors (Lipinski definition) is 2. The fraction of sp³-hybridized carbons (Fsp3) is 0.333. The molecule has 0 spiro atoms. The molecule has 0 saturated heterocycles. The Morgan fingerprint density at radius 3 is 2.31 bits per heavy atom. The maximum absolute atomic E-state index is 13.4. The van der Waals surface area contributed by atoms with Crippen LogP contribution in [0.2, 0.25) is 0 Å². The molecule has 32 heavy (non-hydrogen) atoms. The number of halogens is 3. The highest BCUT2D eigenvalue weighted by molar-refractivity contribution is 6.13. The van der Waals surface area contributed by atoms with Crippen LogP contribution in [0.1, 0.15) is 42.5 Å². The number of aryl methyl sites for hydroxylation is 2. The predicted molar refractivity (Wildman–Crippen MR) is 118 cm³/mol. The van der Waals surface area contributed by atoms with Crippen molar-refractivity contribution in [1.82, 2.24) is 4.57 Å². The van der Waals surface area contributed by atoms with Gasteiger partial charge < -0.3 is 10.2 Å². The Balaban J connectivity index is 2.24. The van der Waals surface area contributed by atoms with Crippen molar-refractivity contribution in [3.8, 4) is 11.6 Å². The zero-order chi connectivity index (χ0) is 23.8. The van der Waals surface area contributed by atoms with E-state index in [1.165, 1.54) is 17.6 Å². The number of aromatic hydroxyl groups is 1. The van der Waals surface area contributed by atoms with Gasteiger partial charge in [0.25, 0.3) is 0 Å². The van der Waals surface area contributed by atoms with Gasteiger partial charge in [-0.15, -0.1) is 0 Å². The predicted octanol–water partition coefficient (Wildman–Crippen LogP) is 5.12. The number of carbonyl (C=O) groups excluding carboxylic acids is 1. The van der Waals surface area contributed by atoms with Crippen molar-refractivity contribution >= 4 is 22.4 Å². The number of aliphatic hydroxyl groups excluding tert-OH is 1. The van der Waals surface area contributed by atoms with Crippen molar-refractivity contribution in [3.63, 3.8) is 0 Å². The largest absolute Gasteiger partial charge is 0.494 e. The van der Waals surface area contributed by atoms with E-state index in [1.807, 2.05) is 19.9 Å². The Hall–Kier alpha value is -3.13. The molecule has 0 fully saturated rings. The SMILES string of the molecule is CC(=NCC(=O)CC(C)O)c1c(O)n(-c2cc(C)cc(C)c2)c2cc(C(F)(F)F)ccc12. The molecule has 1 heterocycles. The summed E-state index contributed by atoms with van der Waals surface area (Å²) in [5.41, 5.74) is 2.23. The van der Waals surface area contributed by atoms with E-state index < -0.39 is 17.8 Å². The van der Waals surface area contributed by atoms with Crippen molar-refractivity contribution < 1.29 is 28.2 Å². The van der Waals surface area contributed by atoms with E-state index in [9.17, 15) is 28.2 Å². The molecule has 0 aliphatic heterocycles. The molecular formula is C24H25F3N2O3. The van der Waals surface area contributed by atoms with Crippen LogP contribution >= 0.6 is 0 Å². The number of alkyl halides is 3. The number of fused-ring (bicyclic) bond motifs is 1. The second-order valence-electron chi connectivity index (χ2n) is 8.10. The average Bonchev–Trinajstić information content (AvgIpc) is 2.95. The molecule has 2 aromatic carbocycles. The molecule has 170 valence electrons. The third-order valence-corrected chi connectivity index (χ3v) is 5.11. The summed E-state index contributed by atoms with van der Waals surface area (Å²) in [6.45, 7) is 6.61. The molecule has 0 saturated carbocycles. The van der Waals surface area contributed by atoms with E-state index in [0.29, 0.717) is 16.8 Å². The summed E-state index contributed by atoms with van der Waals surface area (Å²) in [6.07, 6.45) is -5.39.